The van der Waals surface area contributed by atoms with Gasteiger partial charge in [-0.25, -0.2) is 4.57 Å². The second-order valence-electron chi connectivity index (χ2n) is 13.7. The van der Waals surface area contributed by atoms with Crippen LogP contribution >= 0.6 is 0 Å². The predicted octanol–water partition coefficient (Wildman–Crippen LogP) is 9.19. The highest BCUT2D eigenvalue weighted by atomic mass is 16.3. The van der Waals surface area contributed by atoms with Gasteiger partial charge in [0.1, 0.15) is 18.2 Å². The van der Waals surface area contributed by atoms with Gasteiger partial charge in [-0.1, -0.05) is 72.7 Å². The van der Waals surface area contributed by atoms with Gasteiger partial charge in [-0.05, 0) is 81.2 Å². The van der Waals surface area contributed by atoms with Crippen molar-refractivity contribution >= 4 is 32.7 Å². The molecule has 1 aliphatic carbocycles. The average molecular weight is 491 g/mol. The van der Waals surface area contributed by atoms with Crippen molar-refractivity contribution < 1.29 is 8.98 Å². The molecular formula is C35H40NO+. The smallest absolute Gasteiger partial charge is 0.216 e. The molecule has 0 saturated carbocycles. The first-order chi connectivity index (χ1) is 17.3. The second kappa shape index (κ2) is 7.69. The quantitative estimate of drug-likeness (QED) is 0.214. The lowest BCUT2D eigenvalue weighted by atomic mass is 9.62. The minimum atomic E-state index is 0.0794. The summed E-state index contributed by atoms with van der Waals surface area (Å²) in [5, 5.41) is 5.05. The molecule has 0 bridgehead atoms. The van der Waals surface area contributed by atoms with E-state index < -0.39 is 0 Å². The summed E-state index contributed by atoms with van der Waals surface area (Å²) in [5.41, 5.74) is 10.3. The van der Waals surface area contributed by atoms with Crippen molar-refractivity contribution in [3.05, 3.63) is 77.0 Å². The van der Waals surface area contributed by atoms with E-state index in [9.17, 15) is 0 Å². The van der Waals surface area contributed by atoms with Gasteiger partial charge >= 0.3 is 0 Å². The van der Waals surface area contributed by atoms with E-state index in [-0.39, 0.29) is 16.2 Å². The van der Waals surface area contributed by atoms with E-state index in [1.807, 2.05) is 0 Å². The van der Waals surface area contributed by atoms with E-state index in [1.165, 1.54) is 67.9 Å². The van der Waals surface area contributed by atoms with Crippen LogP contribution in [0.15, 0.2) is 59.1 Å². The molecule has 190 valence electrons. The van der Waals surface area contributed by atoms with Crippen molar-refractivity contribution in [2.45, 2.75) is 84.5 Å². The van der Waals surface area contributed by atoms with Gasteiger partial charge in [-0.3, -0.25) is 0 Å². The van der Waals surface area contributed by atoms with Crippen molar-refractivity contribution in [3.8, 4) is 11.3 Å². The second-order valence-corrected chi connectivity index (χ2v) is 13.7. The van der Waals surface area contributed by atoms with Gasteiger partial charge in [0.25, 0.3) is 0 Å². The number of aromatic nitrogens is 1. The molecule has 0 saturated heterocycles. The molecule has 2 nitrogen and oxygen atoms in total. The molecule has 0 radical (unpaired) electrons. The summed E-state index contributed by atoms with van der Waals surface area (Å²) in [6.45, 7) is 18.6. The fourth-order valence-electron chi connectivity index (χ4n) is 6.54. The lowest BCUT2D eigenvalue weighted by molar-refractivity contribution is -0.660. The summed E-state index contributed by atoms with van der Waals surface area (Å²) in [6.07, 6.45) is 4.61. The molecule has 0 aliphatic heterocycles. The first-order valence-electron chi connectivity index (χ1n) is 13.7. The number of hydrogen-bond donors (Lipinski definition) is 0. The van der Waals surface area contributed by atoms with Gasteiger partial charge in [-0.15, -0.1) is 0 Å². The van der Waals surface area contributed by atoms with Gasteiger partial charge in [0, 0.05) is 22.9 Å². The van der Waals surface area contributed by atoms with Crippen LogP contribution in [0.4, 0.5) is 0 Å². The summed E-state index contributed by atoms with van der Waals surface area (Å²) in [5.74, 6) is 0. The predicted molar refractivity (Wildman–Crippen MR) is 157 cm³/mol. The molecule has 0 fully saturated rings. The van der Waals surface area contributed by atoms with Crippen molar-refractivity contribution in [2.24, 2.45) is 7.05 Å². The Morgan fingerprint density at radius 1 is 0.811 bits per heavy atom. The zero-order valence-corrected chi connectivity index (χ0v) is 24.0. The van der Waals surface area contributed by atoms with Crippen LogP contribution in [-0.2, 0) is 23.3 Å². The zero-order chi connectivity index (χ0) is 26.5. The van der Waals surface area contributed by atoms with E-state index in [2.05, 4.69) is 122 Å². The summed E-state index contributed by atoms with van der Waals surface area (Å²) in [7, 11) is 2.13. The monoisotopic (exact) mass is 490 g/mol. The Morgan fingerprint density at radius 2 is 1.54 bits per heavy atom. The molecule has 2 heterocycles. The van der Waals surface area contributed by atoms with Crippen molar-refractivity contribution in [1.29, 1.82) is 0 Å². The molecule has 37 heavy (non-hydrogen) atoms. The van der Waals surface area contributed by atoms with E-state index in [0.29, 0.717) is 0 Å². The number of fused-ring (bicyclic) bond motifs is 6. The summed E-state index contributed by atoms with van der Waals surface area (Å²) in [4.78, 5) is 0. The van der Waals surface area contributed by atoms with E-state index in [1.54, 1.807) is 0 Å². The van der Waals surface area contributed by atoms with E-state index >= 15 is 0 Å². The Balaban J connectivity index is 1.68. The Hall–Kier alpha value is -3.13. The minimum Gasteiger partial charge on any atom is -0.455 e. The molecule has 1 aliphatic rings. The molecule has 0 atom stereocenters. The first kappa shape index (κ1) is 24.2. The Bertz CT molecular complexity index is 1720. The molecule has 2 aromatic heterocycles. The fraction of sp³-hybridized carbons (Fsp3) is 0.400. The van der Waals surface area contributed by atoms with Gasteiger partial charge in [0.05, 0.1) is 5.56 Å². The van der Waals surface area contributed by atoms with Gasteiger partial charge in [0.15, 0.2) is 6.20 Å². The van der Waals surface area contributed by atoms with E-state index in [4.69, 9.17) is 4.42 Å². The number of benzene rings is 3. The molecule has 0 N–H and O–H groups in total. The van der Waals surface area contributed by atoms with Crippen molar-refractivity contribution in [2.75, 3.05) is 0 Å². The first-order valence-corrected chi connectivity index (χ1v) is 13.7. The van der Waals surface area contributed by atoms with Crippen LogP contribution in [0.2, 0.25) is 0 Å². The van der Waals surface area contributed by atoms with Crippen LogP contribution in [0.3, 0.4) is 0 Å². The maximum absolute atomic E-state index is 6.81. The standard InChI is InChI=1S/C35H40NO/c1-21-10-12-24-26-18-22-11-13-27-31(35(7,8)16-15-34(27,5)6)25(22)20-29(26)37-32(24)30(21)28-19-23(33(2,3)4)14-17-36(28)9/h10-14,17-20H,15-16H2,1-9H3/q+1. The number of nitrogens with zero attached hydrogens (tertiary/aromatic N) is 1. The van der Waals surface area contributed by atoms with Crippen LogP contribution in [0.5, 0.6) is 0 Å². The number of hydrogen-bond acceptors (Lipinski definition) is 1. The molecule has 0 amide bonds. The molecule has 3 aromatic carbocycles. The number of rotatable bonds is 1. The van der Waals surface area contributed by atoms with E-state index in [0.717, 1.165) is 11.2 Å². The lowest BCUT2D eigenvalue weighted by Crippen LogP contribution is -2.34. The normalized spacial score (nSPS) is 17.0. The minimum absolute atomic E-state index is 0.0794. The lowest BCUT2D eigenvalue weighted by Gasteiger charge is -2.42. The third-order valence-electron chi connectivity index (χ3n) is 9.04. The van der Waals surface area contributed by atoms with Crippen LogP contribution in [0, 0.1) is 6.92 Å². The topological polar surface area (TPSA) is 17.0 Å². The Labute approximate surface area is 221 Å². The van der Waals surface area contributed by atoms with Crippen molar-refractivity contribution in [1.82, 2.24) is 0 Å². The molecule has 2 heteroatoms. The van der Waals surface area contributed by atoms with Crippen molar-refractivity contribution in [3.63, 3.8) is 0 Å². The fourth-order valence-corrected chi connectivity index (χ4v) is 6.54. The largest absolute Gasteiger partial charge is 0.455 e. The maximum Gasteiger partial charge on any atom is 0.216 e. The maximum atomic E-state index is 6.81. The Kier molecular flexibility index (Phi) is 5.04. The Morgan fingerprint density at radius 3 is 2.27 bits per heavy atom. The van der Waals surface area contributed by atoms with Crippen LogP contribution < -0.4 is 4.57 Å². The third kappa shape index (κ3) is 3.63. The van der Waals surface area contributed by atoms with Crippen LogP contribution in [0.1, 0.15) is 83.6 Å². The zero-order valence-electron chi connectivity index (χ0n) is 24.0. The van der Waals surface area contributed by atoms with Crippen LogP contribution in [0.25, 0.3) is 44.0 Å². The van der Waals surface area contributed by atoms with Gasteiger partial charge in [-0.2, -0.15) is 0 Å². The van der Waals surface area contributed by atoms with Gasteiger partial charge < -0.3 is 4.42 Å². The number of pyridine rings is 1. The SMILES string of the molecule is Cc1ccc2c(oc3cc4c5c(ccc4cc32)C(C)(C)CCC5(C)C)c1-c1cc(C(C)(C)C)cc[n+]1C. The average Bonchev–Trinajstić information content (AvgIpc) is 3.17. The summed E-state index contributed by atoms with van der Waals surface area (Å²) < 4.78 is 9.03. The molecule has 0 unspecified atom stereocenters. The van der Waals surface area contributed by atoms with Gasteiger partial charge in [0.2, 0.25) is 5.69 Å². The molecular weight excluding hydrogens is 450 g/mol. The summed E-state index contributed by atoms with van der Waals surface area (Å²) >= 11 is 0. The molecule has 5 aromatic rings. The third-order valence-corrected chi connectivity index (χ3v) is 9.04. The molecule has 0 spiro atoms. The number of furan rings is 1. The highest BCUT2D eigenvalue weighted by molar-refractivity contribution is 6.14. The highest BCUT2D eigenvalue weighted by Gasteiger charge is 2.38. The molecule has 6 rings (SSSR count). The highest BCUT2D eigenvalue weighted by Crippen LogP contribution is 2.49. The van der Waals surface area contributed by atoms with Crippen LogP contribution in [-0.4, -0.2) is 0 Å². The summed E-state index contributed by atoms with van der Waals surface area (Å²) in [6, 6.07) is 18.5. The number of aryl methyl sites for hydroxylation is 2.